The lowest BCUT2D eigenvalue weighted by atomic mass is 10.1. The second-order valence-corrected chi connectivity index (χ2v) is 5.45. The van der Waals surface area contributed by atoms with Crippen molar-refractivity contribution in [3.63, 3.8) is 0 Å². The Labute approximate surface area is 130 Å². The molecule has 1 atom stereocenters. The summed E-state index contributed by atoms with van der Waals surface area (Å²) in [6.45, 7) is 1.71. The SMILES string of the molecule is C[C@H](O)c1ccccc1OCc1ccc(Br)cc1[N+](=O)[O-]. The molecule has 0 aliphatic heterocycles. The average Bonchev–Trinajstić information content (AvgIpc) is 2.46. The number of ether oxygens (including phenoxy) is 1. The molecular weight excluding hydrogens is 338 g/mol. The molecule has 0 saturated heterocycles. The number of nitro groups is 1. The molecule has 2 aromatic rings. The van der Waals surface area contributed by atoms with Crippen molar-refractivity contribution in [1.29, 1.82) is 0 Å². The maximum absolute atomic E-state index is 11.0. The van der Waals surface area contributed by atoms with Crippen LogP contribution in [0.2, 0.25) is 0 Å². The maximum Gasteiger partial charge on any atom is 0.277 e. The predicted octanol–water partition coefficient (Wildman–Crippen LogP) is 3.99. The molecule has 0 aliphatic carbocycles. The predicted molar refractivity (Wildman–Crippen MR) is 82.2 cm³/mol. The topological polar surface area (TPSA) is 72.6 Å². The first-order valence-corrected chi connectivity index (χ1v) is 7.11. The van der Waals surface area contributed by atoms with Crippen molar-refractivity contribution in [1.82, 2.24) is 0 Å². The van der Waals surface area contributed by atoms with Gasteiger partial charge in [0, 0.05) is 16.1 Å². The molecule has 21 heavy (non-hydrogen) atoms. The molecule has 110 valence electrons. The third-order valence-electron chi connectivity index (χ3n) is 3.00. The monoisotopic (exact) mass is 351 g/mol. The van der Waals surface area contributed by atoms with Crippen molar-refractivity contribution in [2.45, 2.75) is 19.6 Å². The lowest BCUT2D eigenvalue weighted by Crippen LogP contribution is -2.03. The molecule has 0 fully saturated rings. The molecule has 0 aliphatic rings. The fourth-order valence-electron chi connectivity index (χ4n) is 1.94. The van der Waals surface area contributed by atoms with Crippen LogP contribution in [0.15, 0.2) is 46.9 Å². The van der Waals surface area contributed by atoms with E-state index in [1.54, 1.807) is 43.3 Å². The summed E-state index contributed by atoms with van der Waals surface area (Å²) in [5.41, 5.74) is 1.12. The van der Waals surface area contributed by atoms with Gasteiger partial charge < -0.3 is 9.84 Å². The summed E-state index contributed by atoms with van der Waals surface area (Å²) in [4.78, 5) is 10.6. The number of aliphatic hydroxyl groups is 1. The summed E-state index contributed by atoms with van der Waals surface area (Å²) in [7, 11) is 0. The number of aliphatic hydroxyl groups excluding tert-OH is 1. The maximum atomic E-state index is 11.0. The van der Waals surface area contributed by atoms with Gasteiger partial charge in [-0.2, -0.15) is 0 Å². The first kappa shape index (κ1) is 15.5. The molecule has 0 amide bonds. The summed E-state index contributed by atoms with van der Waals surface area (Å²) < 4.78 is 6.28. The lowest BCUT2D eigenvalue weighted by molar-refractivity contribution is -0.385. The molecule has 2 aromatic carbocycles. The van der Waals surface area contributed by atoms with Crippen LogP contribution in [0, 0.1) is 10.1 Å². The van der Waals surface area contributed by atoms with Gasteiger partial charge in [-0.05, 0) is 25.1 Å². The number of benzene rings is 2. The van der Waals surface area contributed by atoms with Crippen molar-refractivity contribution < 1.29 is 14.8 Å². The second-order valence-electron chi connectivity index (χ2n) is 4.53. The Balaban J connectivity index is 2.23. The van der Waals surface area contributed by atoms with Crippen molar-refractivity contribution >= 4 is 21.6 Å². The van der Waals surface area contributed by atoms with Crippen LogP contribution in [0.4, 0.5) is 5.69 Å². The Kier molecular flexibility index (Phi) is 4.93. The van der Waals surface area contributed by atoms with Gasteiger partial charge in [-0.15, -0.1) is 0 Å². The van der Waals surface area contributed by atoms with Gasteiger partial charge in [0.05, 0.1) is 16.6 Å². The highest BCUT2D eigenvalue weighted by Crippen LogP contribution is 2.28. The van der Waals surface area contributed by atoms with Crippen LogP contribution in [-0.4, -0.2) is 10.0 Å². The summed E-state index contributed by atoms with van der Waals surface area (Å²) in [6.07, 6.45) is -0.666. The fraction of sp³-hybridized carbons (Fsp3) is 0.200. The molecule has 0 heterocycles. The summed E-state index contributed by atoms with van der Waals surface area (Å²) >= 11 is 3.21. The van der Waals surface area contributed by atoms with Crippen molar-refractivity contribution in [3.8, 4) is 5.75 Å². The molecule has 0 unspecified atom stereocenters. The molecule has 0 spiro atoms. The average molecular weight is 352 g/mol. The number of hydrogen-bond donors (Lipinski definition) is 1. The molecule has 6 heteroatoms. The molecule has 0 saturated carbocycles. The molecule has 0 bridgehead atoms. The third kappa shape index (κ3) is 3.80. The van der Waals surface area contributed by atoms with Crippen LogP contribution >= 0.6 is 15.9 Å². The fourth-order valence-corrected chi connectivity index (χ4v) is 2.29. The van der Waals surface area contributed by atoms with Crippen LogP contribution in [0.1, 0.15) is 24.2 Å². The van der Waals surface area contributed by atoms with E-state index in [1.165, 1.54) is 6.07 Å². The molecule has 0 aromatic heterocycles. The summed E-state index contributed by atoms with van der Waals surface area (Å²) in [5, 5.41) is 20.7. The van der Waals surface area contributed by atoms with Crippen LogP contribution in [-0.2, 0) is 6.61 Å². The quantitative estimate of drug-likeness (QED) is 0.652. The van der Waals surface area contributed by atoms with Gasteiger partial charge in [-0.3, -0.25) is 10.1 Å². The minimum Gasteiger partial charge on any atom is -0.488 e. The molecule has 1 N–H and O–H groups in total. The second kappa shape index (κ2) is 6.69. The van der Waals surface area contributed by atoms with Crippen molar-refractivity contribution in [3.05, 3.63) is 68.2 Å². The number of hydrogen-bond acceptors (Lipinski definition) is 4. The molecule has 5 nitrogen and oxygen atoms in total. The zero-order valence-corrected chi connectivity index (χ0v) is 12.9. The van der Waals surface area contributed by atoms with Gasteiger partial charge in [0.15, 0.2) is 0 Å². The van der Waals surface area contributed by atoms with Gasteiger partial charge in [-0.25, -0.2) is 0 Å². The van der Waals surface area contributed by atoms with E-state index in [0.717, 1.165) is 0 Å². The van der Waals surface area contributed by atoms with E-state index in [4.69, 9.17) is 4.74 Å². The van der Waals surface area contributed by atoms with E-state index in [2.05, 4.69) is 15.9 Å². The molecule has 0 radical (unpaired) electrons. The highest BCUT2D eigenvalue weighted by molar-refractivity contribution is 9.10. The Morgan fingerprint density at radius 1 is 1.33 bits per heavy atom. The number of halogens is 1. The standard InChI is InChI=1S/C15H14BrNO4/c1-10(18)13-4-2-3-5-15(13)21-9-11-6-7-12(16)8-14(11)17(19)20/h2-8,10,18H,9H2,1H3/t10-/m0/s1. The highest BCUT2D eigenvalue weighted by Gasteiger charge is 2.15. The van der Waals surface area contributed by atoms with Crippen molar-refractivity contribution in [2.75, 3.05) is 0 Å². The smallest absolute Gasteiger partial charge is 0.277 e. The highest BCUT2D eigenvalue weighted by atomic mass is 79.9. The van der Waals surface area contributed by atoms with Crippen LogP contribution in [0.25, 0.3) is 0 Å². The van der Waals surface area contributed by atoms with Gasteiger partial charge in [0.2, 0.25) is 0 Å². The first-order chi connectivity index (χ1) is 9.99. The number of para-hydroxylation sites is 1. The molecular formula is C15H14BrNO4. The van der Waals surface area contributed by atoms with Crippen LogP contribution < -0.4 is 4.74 Å². The zero-order valence-electron chi connectivity index (χ0n) is 11.3. The van der Waals surface area contributed by atoms with E-state index in [-0.39, 0.29) is 12.3 Å². The Hall–Kier alpha value is -1.92. The van der Waals surface area contributed by atoms with Gasteiger partial charge in [0.1, 0.15) is 12.4 Å². The number of nitrogens with zero attached hydrogens (tertiary/aromatic N) is 1. The van der Waals surface area contributed by atoms with Crippen LogP contribution in [0.5, 0.6) is 5.75 Å². The number of rotatable bonds is 5. The van der Waals surface area contributed by atoms with Gasteiger partial charge >= 0.3 is 0 Å². The van der Waals surface area contributed by atoms with E-state index in [0.29, 0.717) is 21.3 Å². The van der Waals surface area contributed by atoms with Gasteiger partial charge in [0.25, 0.3) is 5.69 Å². The Bertz CT molecular complexity index is 658. The Morgan fingerprint density at radius 3 is 2.71 bits per heavy atom. The van der Waals surface area contributed by atoms with Crippen molar-refractivity contribution in [2.24, 2.45) is 0 Å². The largest absolute Gasteiger partial charge is 0.488 e. The molecule has 2 rings (SSSR count). The van der Waals surface area contributed by atoms with E-state index < -0.39 is 11.0 Å². The van der Waals surface area contributed by atoms with E-state index in [1.807, 2.05) is 0 Å². The Morgan fingerprint density at radius 2 is 2.05 bits per heavy atom. The lowest BCUT2D eigenvalue weighted by Gasteiger charge is -2.13. The normalized spacial score (nSPS) is 12.0. The summed E-state index contributed by atoms with van der Waals surface area (Å²) in [6, 6.07) is 11.9. The first-order valence-electron chi connectivity index (χ1n) is 6.31. The third-order valence-corrected chi connectivity index (χ3v) is 3.49. The zero-order chi connectivity index (χ0) is 15.4. The minimum absolute atomic E-state index is 0.00102. The summed E-state index contributed by atoms with van der Waals surface area (Å²) in [5.74, 6) is 0.518. The number of nitro benzene ring substituents is 1. The minimum atomic E-state index is -0.666. The van der Waals surface area contributed by atoms with E-state index >= 15 is 0 Å². The van der Waals surface area contributed by atoms with Crippen LogP contribution in [0.3, 0.4) is 0 Å². The van der Waals surface area contributed by atoms with E-state index in [9.17, 15) is 15.2 Å². The van der Waals surface area contributed by atoms with Gasteiger partial charge in [-0.1, -0.05) is 34.1 Å².